The zero-order chi connectivity index (χ0) is 12.1. The summed E-state index contributed by atoms with van der Waals surface area (Å²) < 4.78 is 10.2. The van der Waals surface area contributed by atoms with Crippen LogP contribution in [0.1, 0.15) is 29.8 Å². The summed E-state index contributed by atoms with van der Waals surface area (Å²) in [5.41, 5.74) is 6.89. The minimum Gasteiger partial charge on any atom is -0.491 e. The van der Waals surface area contributed by atoms with Gasteiger partial charge in [-0.3, -0.25) is 0 Å². The lowest BCUT2D eigenvalue weighted by Crippen LogP contribution is -2.11. The van der Waals surface area contributed by atoms with Crippen molar-refractivity contribution in [2.24, 2.45) is 5.73 Å². The van der Waals surface area contributed by atoms with E-state index < -0.39 is 0 Å². The molecule has 0 aromatic heterocycles. The average molecular weight is 260 g/mol. The van der Waals surface area contributed by atoms with Crippen molar-refractivity contribution < 1.29 is 14.3 Å². The highest BCUT2D eigenvalue weighted by Crippen LogP contribution is 2.21. The fourth-order valence-electron chi connectivity index (χ4n) is 1.35. The highest BCUT2D eigenvalue weighted by molar-refractivity contribution is 5.89. The lowest BCUT2D eigenvalue weighted by Gasteiger charge is -2.14. The third kappa shape index (κ3) is 4.24. The molecular formula is C12H18ClNO3. The smallest absolute Gasteiger partial charge is 0.337 e. The summed E-state index contributed by atoms with van der Waals surface area (Å²) in [6, 6.07) is 5.11. The van der Waals surface area contributed by atoms with E-state index in [4.69, 9.17) is 10.5 Å². The van der Waals surface area contributed by atoms with Gasteiger partial charge in [-0.25, -0.2) is 4.79 Å². The number of ether oxygens (including phenoxy) is 2. The zero-order valence-corrected chi connectivity index (χ0v) is 11.0. The van der Waals surface area contributed by atoms with E-state index >= 15 is 0 Å². The fraction of sp³-hybridized carbons (Fsp3) is 0.417. The van der Waals surface area contributed by atoms with Crippen molar-refractivity contribution in [2.45, 2.75) is 26.5 Å². The third-order valence-corrected chi connectivity index (χ3v) is 2.06. The minimum absolute atomic E-state index is 0. The van der Waals surface area contributed by atoms with E-state index in [-0.39, 0.29) is 24.5 Å². The minimum atomic E-state index is -0.370. The van der Waals surface area contributed by atoms with E-state index in [2.05, 4.69) is 4.74 Å². The van der Waals surface area contributed by atoms with E-state index in [9.17, 15) is 4.79 Å². The van der Waals surface area contributed by atoms with E-state index in [1.54, 1.807) is 18.2 Å². The molecule has 0 aliphatic carbocycles. The highest BCUT2D eigenvalue weighted by Gasteiger charge is 2.10. The molecule has 0 bridgehead atoms. The van der Waals surface area contributed by atoms with Crippen LogP contribution in [0, 0.1) is 0 Å². The first-order valence-corrected chi connectivity index (χ1v) is 5.16. The van der Waals surface area contributed by atoms with Gasteiger partial charge in [-0.2, -0.15) is 0 Å². The molecule has 0 unspecified atom stereocenters. The fourth-order valence-corrected chi connectivity index (χ4v) is 1.35. The number of hydrogen-bond acceptors (Lipinski definition) is 4. The van der Waals surface area contributed by atoms with Crippen molar-refractivity contribution in [3.8, 4) is 5.75 Å². The number of rotatable bonds is 4. The summed E-state index contributed by atoms with van der Waals surface area (Å²) in [5, 5.41) is 0. The van der Waals surface area contributed by atoms with Gasteiger partial charge in [-0.1, -0.05) is 0 Å². The molecule has 0 saturated heterocycles. The Morgan fingerprint density at radius 1 is 1.41 bits per heavy atom. The molecule has 0 atom stereocenters. The van der Waals surface area contributed by atoms with Gasteiger partial charge < -0.3 is 15.2 Å². The molecule has 2 N–H and O–H groups in total. The third-order valence-electron chi connectivity index (χ3n) is 2.06. The Labute approximate surface area is 108 Å². The van der Waals surface area contributed by atoms with Crippen LogP contribution >= 0.6 is 12.4 Å². The van der Waals surface area contributed by atoms with Gasteiger partial charge in [-0.15, -0.1) is 12.4 Å². The van der Waals surface area contributed by atoms with Gasteiger partial charge in [0.05, 0.1) is 18.8 Å². The summed E-state index contributed by atoms with van der Waals surface area (Å²) in [7, 11) is 1.35. The van der Waals surface area contributed by atoms with Crippen LogP contribution in [-0.4, -0.2) is 19.2 Å². The molecule has 0 aliphatic rings. The standard InChI is InChI=1S/C12H17NO3.ClH/c1-8(2)16-11-5-4-9(12(14)15-3)6-10(11)7-13;/h4-6,8H,7,13H2,1-3H3;1H. The Bertz CT molecular complexity index is 380. The van der Waals surface area contributed by atoms with E-state index in [1.165, 1.54) is 7.11 Å². The Morgan fingerprint density at radius 3 is 2.53 bits per heavy atom. The number of carbonyl (C=O) groups is 1. The SMILES string of the molecule is COC(=O)c1ccc(OC(C)C)c(CN)c1.Cl. The molecule has 0 aliphatic heterocycles. The van der Waals surface area contributed by atoms with Gasteiger partial charge >= 0.3 is 5.97 Å². The van der Waals surface area contributed by atoms with Crippen LogP contribution in [0.3, 0.4) is 0 Å². The summed E-state index contributed by atoms with van der Waals surface area (Å²) >= 11 is 0. The number of carbonyl (C=O) groups excluding carboxylic acids is 1. The van der Waals surface area contributed by atoms with Gasteiger partial charge in [0.2, 0.25) is 0 Å². The number of benzene rings is 1. The van der Waals surface area contributed by atoms with Gasteiger partial charge in [0.25, 0.3) is 0 Å². The van der Waals surface area contributed by atoms with Crippen molar-refractivity contribution in [3.63, 3.8) is 0 Å². The summed E-state index contributed by atoms with van der Waals surface area (Å²) in [6.45, 7) is 4.20. The molecule has 0 spiro atoms. The van der Waals surface area contributed by atoms with Crippen molar-refractivity contribution in [1.82, 2.24) is 0 Å². The Hall–Kier alpha value is -1.26. The predicted molar refractivity (Wildman–Crippen MR) is 68.7 cm³/mol. The molecule has 96 valence electrons. The summed E-state index contributed by atoms with van der Waals surface area (Å²) in [4.78, 5) is 11.3. The summed E-state index contributed by atoms with van der Waals surface area (Å²) in [6.07, 6.45) is 0.0780. The quantitative estimate of drug-likeness (QED) is 0.842. The molecule has 1 aromatic carbocycles. The van der Waals surface area contributed by atoms with Crippen molar-refractivity contribution in [1.29, 1.82) is 0 Å². The second-order valence-corrected chi connectivity index (χ2v) is 3.68. The maximum Gasteiger partial charge on any atom is 0.337 e. The molecule has 0 fully saturated rings. The van der Waals surface area contributed by atoms with E-state index in [0.29, 0.717) is 17.9 Å². The molecule has 1 rings (SSSR count). The lowest BCUT2D eigenvalue weighted by atomic mass is 10.1. The van der Waals surface area contributed by atoms with E-state index in [0.717, 1.165) is 5.56 Å². The topological polar surface area (TPSA) is 61.5 Å². The molecule has 4 nitrogen and oxygen atoms in total. The van der Waals surface area contributed by atoms with Crippen LogP contribution in [0.15, 0.2) is 18.2 Å². The highest BCUT2D eigenvalue weighted by atomic mass is 35.5. The Kier molecular flexibility index (Phi) is 6.61. The van der Waals surface area contributed by atoms with E-state index in [1.807, 2.05) is 13.8 Å². The molecule has 0 radical (unpaired) electrons. The number of esters is 1. The summed E-state index contributed by atoms with van der Waals surface area (Å²) in [5.74, 6) is 0.343. The van der Waals surface area contributed by atoms with Gasteiger partial charge in [0, 0.05) is 12.1 Å². The van der Waals surface area contributed by atoms with Gasteiger partial charge in [0.1, 0.15) is 5.75 Å². The van der Waals surface area contributed by atoms with Crippen molar-refractivity contribution >= 4 is 18.4 Å². The maximum atomic E-state index is 11.3. The number of halogens is 1. The molecule has 17 heavy (non-hydrogen) atoms. The monoisotopic (exact) mass is 259 g/mol. The van der Waals surface area contributed by atoms with Gasteiger partial charge in [0.15, 0.2) is 0 Å². The lowest BCUT2D eigenvalue weighted by molar-refractivity contribution is 0.0600. The Balaban J connectivity index is 0.00000256. The zero-order valence-electron chi connectivity index (χ0n) is 10.2. The normalized spacial score (nSPS) is 9.71. The maximum absolute atomic E-state index is 11.3. The van der Waals surface area contributed by atoms with Gasteiger partial charge in [-0.05, 0) is 32.0 Å². The molecule has 0 saturated carbocycles. The molecule has 0 amide bonds. The Morgan fingerprint density at radius 2 is 2.06 bits per heavy atom. The number of nitrogens with two attached hydrogens (primary N) is 1. The van der Waals surface area contributed by atoms with Crippen LogP contribution < -0.4 is 10.5 Å². The average Bonchev–Trinajstić information content (AvgIpc) is 2.27. The molecule has 0 heterocycles. The van der Waals surface area contributed by atoms with Crippen LogP contribution in [-0.2, 0) is 11.3 Å². The van der Waals surface area contributed by atoms with Crippen LogP contribution in [0.4, 0.5) is 0 Å². The first-order chi connectivity index (χ1) is 7.58. The predicted octanol–water partition coefficient (Wildman–Crippen LogP) is 2.14. The largest absolute Gasteiger partial charge is 0.491 e. The second-order valence-electron chi connectivity index (χ2n) is 3.68. The van der Waals surface area contributed by atoms with Crippen LogP contribution in [0.5, 0.6) is 5.75 Å². The first-order valence-electron chi connectivity index (χ1n) is 5.16. The van der Waals surface area contributed by atoms with Crippen LogP contribution in [0.25, 0.3) is 0 Å². The second kappa shape index (κ2) is 7.14. The van der Waals surface area contributed by atoms with Crippen molar-refractivity contribution in [2.75, 3.05) is 7.11 Å². The molecule has 5 heteroatoms. The molecule has 1 aromatic rings. The van der Waals surface area contributed by atoms with Crippen LogP contribution in [0.2, 0.25) is 0 Å². The number of hydrogen-bond donors (Lipinski definition) is 1. The number of methoxy groups -OCH3 is 1. The molecular weight excluding hydrogens is 242 g/mol. The van der Waals surface area contributed by atoms with Crippen molar-refractivity contribution in [3.05, 3.63) is 29.3 Å². The first kappa shape index (κ1) is 15.7.